The van der Waals surface area contributed by atoms with E-state index in [0.29, 0.717) is 41.5 Å². The van der Waals surface area contributed by atoms with E-state index in [-0.39, 0.29) is 12.5 Å². The molecule has 0 aliphatic carbocycles. The highest BCUT2D eigenvalue weighted by Crippen LogP contribution is 2.54. The Bertz CT molecular complexity index is 742. The fraction of sp³-hybridized carbons (Fsp3) is 1.00. The molecule has 0 aliphatic heterocycles. The molecule has 12 heteroatoms. The Balaban J connectivity index is 6.05. The zero-order valence-corrected chi connectivity index (χ0v) is 23.3. The lowest BCUT2D eigenvalue weighted by molar-refractivity contribution is -0.437. The fourth-order valence-electron chi connectivity index (χ4n) is 2.95. The molecular formula is C24H43F8NO3. The first-order valence-electron chi connectivity index (χ1n) is 11.6. The van der Waals surface area contributed by atoms with Gasteiger partial charge in [0.25, 0.3) is 5.92 Å². The van der Waals surface area contributed by atoms with Crippen LogP contribution in [0.3, 0.4) is 0 Å². The second kappa shape index (κ2) is 10.1. The lowest BCUT2D eigenvalue weighted by atomic mass is 9.75. The summed E-state index contributed by atoms with van der Waals surface area (Å²) in [4.78, 5) is 0. The van der Waals surface area contributed by atoms with Crippen molar-refractivity contribution in [2.75, 3.05) is 6.61 Å². The standard InChI is InChI=1S/C24H43F8NO3/c1-15(2)13-34-16(3,4)14-21(25,26)20(11,12)36-23(29,30)17(5,6)19(9,10)35-24(31,32)22(27,28)18(7,8)33/h15H,13-14,33H2,1-12H3. The summed E-state index contributed by atoms with van der Waals surface area (Å²) in [6.45, 7) is 12.0. The SMILES string of the molecule is CC(C)COC(C)(C)CC(F)(F)C(C)(C)OC(F)(F)C(C)(C)C(C)(C)OC(F)(F)C(F)(F)C(C)(C)N. The minimum atomic E-state index is -5.28. The summed E-state index contributed by atoms with van der Waals surface area (Å²) < 4.78 is 133. The van der Waals surface area contributed by atoms with E-state index in [1.807, 2.05) is 13.8 Å². The fourth-order valence-corrected chi connectivity index (χ4v) is 2.95. The van der Waals surface area contributed by atoms with Crippen LogP contribution in [0.15, 0.2) is 0 Å². The van der Waals surface area contributed by atoms with Crippen molar-refractivity contribution >= 4 is 0 Å². The summed E-state index contributed by atoms with van der Waals surface area (Å²) in [6, 6.07) is 0. The molecule has 0 unspecified atom stereocenters. The largest absolute Gasteiger partial charge is 0.421 e. The molecule has 0 spiro atoms. The average Bonchev–Trinajstić information content (AvgIpc) is 2.55. The lowest BCUT2D eigenvalue weighted by Gasteiger charge is -2.50. The summed E-state index contributed by atoms with van der Waals surface area (Å²) in [5, 5.41) is 0. The van der Waals surface area contributed by atoms with E-state index >= 15 is 17.6 Å². The molecule has 0 bridgehead atoms. The zero-order valence-electron chi connectivity index (χ0n) is 23.3. The summed E-state index contributed by atoms with van der Waals surface area (Å²) in [5.41, 5.74) is -7.39. The van der Waals surface area contributed by atoms with Crippen molar-refractivity contribution in [3.05, 3.63) is 0 Å². The third-order valence-corrected chi connectivity index (χ3v) is 6.51. The quantitative estimate of drug-likeness (QED) is 0.228. The Hall–Kier alpha value is -0.720. The van der Waals surface area contributed by atoms with E-state index in [1.165, 1.54) is 13.8 Å². The summed E-state index contributed by atoms with van der Waals surface area (Å²) in [5.74, 6) is -8.81. The topological polar surface area (TPSA) is 53.7 Å². The zero-order chi connectivity index (χ0) is 29.6. The van der Waals surface area contributed by atoms with E-state index < -0.39 is 58.2 Å². The van der Waals surface area contributed by atoms with Gasteiger partial charge >= 0.3 is 18.1 Å². The number of nitrogens with two attached hydrogens (primary N) is 1. The molecule has 0 amide bonds. The van der Waals surface area contributed by atoms with Gasteiger partial charge in [-0.25, -0.2) is 8.78 Å². The van der Waals surface area contributed by atoms with E-state index in [0.717, 1.165) is 13.8 Å². The van der Waals surface area contributed by atoms with Crippen LogP contribution < -0.4 is 5.73 Å². The minimum absolute atomic E-state index is 0.0323. The maximum Gasteiger partial charge on any atom is 0.421 e. The maximum atomic E-state index is 15.4. The molecule has 0 aromatic heterocycles. The maximum absolute atomic E-state index is 15.4. The van der Waals surface area contributed by atoms with Crippen molar-refractivity contribution in [1.29, 1.82) is 0 Å². The number of rotatable bonds is 14. The Kier molecular flexibility index (Phi) is 9.91. The van der Waals surface area contributed by atoms with Gasteiger partial charge in [-0.1, -0.05) is 13.8 Å². The van der Waals surface area contributed by atoms with Crippen molar-refractivity contribution in [2.24, 2.45) is 17.1 Å². The molecule has 0 heterocycles. The highest BCUT2D eigenvalue weighted by molar-refractivity contribution is 5.02. The normalized spacial score (nSPS) is 16.2. The Morgan fingerprint density at radius 3 is 1.39 bits per heavy atom. The first kappa shape index (κ1) is 35.3. The molecule has 0 aliphatic rings. The highest BCUT2D eigenvalue weighted by Gasteiger charge is 2.70. The van der Waals surface area contributed by atoms with Crippen LogP contribution in [0, 0.1) is 11.3 Å². The monoisotopic (exact) mass is 545 g/mol. The third-order valence-electron chi connectivity index (χ3n) is 6.51. The van der Waals surface area contributed by atoms with Crippen LogP contribution in [-0.2, 0) is 14.2 Å². The van der Waals surface area contributed by atoms with Crippen LogP contribution in [0.1, 0.15) is 89.5 Å². The molecular weight excluding hydrogens is 502 g/mol. The Morgan fingerprint density at radius 2 is 1.03 bits per heavy atom. The summed E-state index contributed by atoms with van der Waals surface area (Å²) >= 11 is 0. The first-order chi connectivity index (χ1) is 15.3. The molecule has 0 radical (unpaired) electrons. The van der Waals surface area contributed by atoms with Crippen molar-refractivity contribution in [2.45, 2.75) is 136 Å². The Labute approximate surface area is 209 Å². The first-order valence-corrected chi connectivity index (χ1v) is 11.6. The molecule has 36 heavy (non-hydrogen) atoms. The number of hydrogen-bond acceptors (Lipinski definition) is 4. The summed E-state index contributed by atoms with van der Waals surface area (Å²) in [6.07, 6.45) is -10.8. The molecule has 0 atom stereocenters. The van der Waals surface area contributed by atoms with Gasteiger partial charge in [-0.3, -0.25) is 0 Å². The number of hydrogen-bond donors (Lipinski definition) is 1. The predicted octanol–water partition coefficient (Wildman–Crippen LogP) is 7.64. The molecule has 0 rings (SSSR count). The van der Waals surface area contributed by atoms with Crippen LogP contribution in [0.4, 0.5) is 35.1 Å². The van der Waals surface area contributed by atoms with Gasteiger partial charge in [0.1, 0.15) is 5.60 Å². The molecule has 4 nitrogen and oxygen atoms in total. The van der Waals surface area contributed by atoms with Gasteiger partial charge < -0.3 is 19.9 Å². The average molecular weight is 546 g/mol. The van der Waals surface area contributed by atoms with Gasteiger partial charge in [0.2, 0.25) is 0 Å². The lowest BCUT2D eigenvalue weighted by Crippen LogP contribution is -2.66. The molecule has 218 valence electrons. The van der Waals surface area contributed by atoms with Crippen LogP contribution in [-0.4, -0.2) is 53.0 Å². The minimum Gasteiger partial charge on any atom is -0.375 e. The van der Waals surface area contributed by atoms with Crippen LogP contribution in [0.2, 0.25) is 0 Å². The van der Waals surface area contributed by atoms with Crippen LogP contribution >= 0.6 is 0 Å². The van der Waals surface area contributed by atoms with Crippen molar-refractivity contribution in [3.63, 3.8) is 0 Å². The Morgan fingerprint density at radius 1 is 0.639 bits per heavy atom. The number of ether oxygens (including phenoxy) is 3. The van der Waals surface area contributed by atoms with Gasteiger partial charge in [0.15, 0.2) is 0 Å². The van der Waals surface area contributed by atoms with Gasteiger partial charge in [-0.15, -0.1) is 0 Å². The van der Waals surface area contributed by atoms with Gasteiger partial charge in [0, 0.05) is 13.0 Å². The van der Waals surface area contributed by atoms with Crippen LogP contribution in [0.25, 0.3) is 0 Å². The summed E-state index contributed by atoms with van der Waals surface area (Å²) in [7, 11) is 0. The molecule has 2 N–H and O–H groups in total. The second-order valence-electron chi connectivity index (χ2n) is 12.5. The number of halogens is 8. The van der Waals surface area contributed by atoms with Gasteiger partial charge in [-0.2, -0.15) is 26.3 Å². The van der Waals surface area contributed by atoms with E-state index in [1.54, 1.807) is 0 Å². The molecule has 0 saturated heterocycles. The van der Waals surface area contributed by atoms with Crippen LogP contribution in [0.5, 0.6) is 0 Å². The van der Waals surface area contributed by atoms with Crippen molar-refractivity contribution < 1.29 is 49.3 Å². The molecule has 0 aromatic carbocycles. The molecule has 0 aromatic rings. The molecule has 0 saturated carbocycles. The van der Waals surface area contributed by atoms with Crippen molar-refractivity contribution in [1.82, 2.24) is 0 Å². The smallest absolute Gasteiger partial charge is 0.375 e. The van der Waals surface area contributed by atoms with Gasteiger partial charge in [-0.05, 0) is 75.2 Å². The van der Waals surface area contributed by atoms with E-state index in [9.17, 15) is 17.6 Å². The van der Waals surface area contributed by atoms with E-state index in [2.05, 4.69) is 9.47 Å². The van der Waals surface area contributed by atoms with Gasteiger partial charge in [0.05, 0.1) is 22.2 Å². The third kappa shape index (κ3) is 7.44. The molecule has 0 fully saturated rings. The number of alkyl halides is 8. The predicted molar refractivity (Wildman–Crippen MR) is 122 cm³/mol. The van der Waals surface area contributed by atoms with Crippen molar-refractivity contribution in [3.8, 4) is 0 Å². The highest BCUT2D eigenvalue weighted by atomic mass is 19.3. The van der Waals surface area contributed by atoms with E-state index in [4.69, 9.17) is 10.5 Å². The second-order valence-corrected chi connectivity index (χ2v) is 12.5.